The fourth-order valence-corrected chi connectivity index (χ4v) is 1.64. The summed E-state index contributed by atoms with van der Waals surface area (Å²) in [7, 11) is -1.26. The van der Waals surface area contributed by atoms with Crippen molar-refractivity contribution >= 4 is 34.3 Å². The fourth-order valence-electron chi connectivity index (χ4n) is 1.13. The number of alkyl halides is 1. The standard InChI is InChI=1S/C10H18ClN5OS.Na/c1-6(2)12-8-14-9(13-7(3)5-11)16-10(15-8)18(4)17;/h6-7H,5H2,1-4H3,(H2,12,13,14,15,16);/q;+1. The van der Waals surface area contributed by atoms with Gasteiger partial charge in [-0.2, -0.15) is 15.0 Å². The second-order valence-electron chi connectivity index (χ2n) is 4.22. The average molecular weight is 315 g/mol. The molecular weight excluding hydrogens is 297 g/mol. The number of rotatable bonds is 6. The molecule has 0 fully saturated rings. The van der Waals surface area contributed by atoms with E-state index in [4.69, 9.17) is 11.6 Å². The van der Waals surface area contributed by atoms with E-state index in [0.29, 0.717) is 17.8 Å². The van der Waals surface area contributed by atoms with E-state index < -0.39 is 10.8 Å². The van der Waals surface area contributed by atoms with E-state index in [0.717, 1.165) is 0 Å². The van der Waals surface area contributed by atoms with Gasteiger partial charge < -0.3 is 10.6 Å². The van der Waals surface area contributed by atoms with Crippen LogP contribution in [0.1, 0.15) is 20.8 Å². The van der Waals surface area contributed by atoms with Crippen molar-refractivity contribution in [3.63, 3.8) is 0 Å². The normalized spacial score (nSPS) is 13.6. The number of nitrogens with zero attached hydrogens (tertiary/aromatic N) is 3. The van der Waals surface area contributed by atoms with E-state index >= 15 is 0 Å². The zero-order valence-corrected chi connectivity index (χ0v) is 15.5. The molecule has 0 aliphatic heterocycles. The third-order valence-corrected chi connectivity index (χ3v) is 3.06. The molecule has 1 aromatic heterocycles. The summed E-state index contributed by atoms with van der Waals surface area (Å²) in [4.78, 5) is 12.4. The van der Waals surface area contributed by atoms with Crippen molar-refractivity contribution in [1.82, 2.24) is 15.0 Å². The molecule has 1 heterocycles. The Labute approximate surface area is 143 Å². The van der Waals surface area contributed by atoms with Gasteiger partial charge in [0.2, 0.25) is 17.1 Å². The number of aromatic nitrogens is 3. The Kier molecular flexibility index (Phi) is 9.10. The molecule has 2 N–H and O–H groups in total. The summed E-state index contributed by atoms with van der Waals surface area (Å²) in [5.74, 6) is 1.23. The van der Waals surface area contributed by atoms with Gasteiger partial charge in [0.1, 0.15) is 0 Å². The van der Waals surface area contributed by atoms with E-state index in [2.05, 4.69) is 25.6 Å². The number of hydrogen-bond donors (Lipinski definition) is 2. The van der Waals surface area contributed by atoms with Gasteiger partial charge in [-0.25, -0.2) is 0 Å². The second-order valence-corrected chi connectivity index (χ2v) is 5.80. The first kappa shape index (κ1) is 19.1. The van der Waals surface area contributed by atoms with E-state index in [1.165, 1.54) is 6.26 Å². The molecule has 102 valence electrons. The van der Waals surface area contributed by atoms with Crippen LogP contribution in [0.5, 0.6) is 0 Å². The van der Waals surface area contributed by atoms with Crippen molar-refractivity contribution < 1.29 is 33.8 Å². The summed E-state index contributed by atoms with van der Waals surface area (Å²) in [6, 6.07) is 0.211. The minimum Gasteiger partial charge on any atom is -0.352 e. The number of anilines is 2. The Morgan fingerprint density at radius 1 is 1.16 bits per heavy atom. The van der Waals surface area contributed by atoms with Gasteiger partial charge in [0, 0.05) is 24.2 Å². The van der Waals surface area contributed by atoms with Crippen molar-refractivity contribution in [2.75, 3.05) is 22.8 Å². The van der Waals surface area contributed by atoms with Crippen molar-refractivity contribution in [1.29, 1.82) is 0 Å². The minimum absolute atomic E-state index is 0. The molecular formula is C10H18ClN5NaOS+. The topological polar surface area (TPSA) is 79.8 Å². The molecule has 19 heavy (non-hydrogen) atoms. The zero-order valence-electron chi connectivity index (χ0n) is 11.9. The van der Waals surface area contributed by atoms with E-state index in [9.17, 15) is 4.21 Å². The molecule has 0 radical (unpaired) electrons. The molecule has 0 aliphatic carbocycles. The maximum absolute atomic E-state index is 11.5. The first-order valence-corrected chi connectivity index (χ1v) is 7.70. The summed E-state index contributed by atoms with van der Waals surface area (Å²) in [6.45, 7) is 5.86. The molecule has 0 saturated carbocycles. The van der Waals surface area contributed by atoms with Gasteiger partial charge in [0.25, 0.3) is 0 Å². The number of nitrogens with one attached hydrogen (secondary N) is 2. The smallest absolute Gasteiger partial charge is 0.352 e. The molecule has 0 spiro atoms. The van der Waals surface area contributed by atoms with Crippen LogP contribution in [0.4, 0.5) is 11.9 Å². The predicted octanol–water partition coefficient (Wildman–Crippen LogP) is -1.53. The Bertz CT molecular complexity index is 434. The average Bonchev–Trinajstić information content (AvgIpc) is 2.27. The molecule has 0 bridgehead atoms. The van der Waals surface area contributed by atoms with E-state index in [1.54, 1.807) is 0 Å². The quantitative estimate of drug-likeness (QED) is 0.490. The van der Waals surface area contributed by atoms with Gasteiger partial charge in [-0.3, -0.25) is 4.21 Å². The summed E-state index contributed by atoms with van der Waals surface area (Å²) in [5.41, 5.74) is 0. The summed E-state index contributed by atoms with van der Waals surface area (Å²) >= 11 is 5.72. The van der Waals surface area contributed by atoms with Crippen molar-refractivity contribution in [3.8, 4) is 0 Å². The van der Waals surface area contributed by atoms with Crippen molar-refractivity contribution in [2.24, 2.45) is 0 Å². The van der Waals surface area contributed by atoms with Crippen LogP contribution in [0, 0.1) is 0 Å². The third kappa shape index (κ3) is 6.85. The van der Waals surface area contributed by atoms with Crippen LogP contribution in [-0.2, 0) is 10.8 Å². The first-order chi connectivity index (χ1) is 8.42. The molecule has 6 nitrogen and oxygen atoms in total. The maximum Gasteiger partial charge on any atom is 1.00 e. The largest absolute Gasteiger partial charge is 1.00 e. The Balaban J connectivity index is 0.00000324. The molecule has 0 saturated heterocycles. The summed E-state index contributed by atoms with van der Waals surface area (Å²) in [5, 5.41) is 6.34. The number of halogens is 1. The monoisotopic (exact) mass is 314 g/mol. The van der Waals surface area contributed by atoms with Gasteiger partial charge >= 0.3 is 29.6 Å². The maximum atomic E-state index is 11.5. The van der Waals surface area contributed by atoms with Gasteiger partial charge in [-0.1, -0.05) is 0 Å². The van der Waals surface area contributed by atoms with Crippen LogP contribution in [0.25, 0.3) is 0 Å². The van der Waals surface area contributed by atoms with Crippen molar-refractivity contribution in [3.05, 3.63) is 0 Å². The summed E-state index contributed by atoms with van der Waals surface area (Å²) in [6.07, 6.45) is 1.53. The Hall–Kier alpha value is 0.0500. The van der Waals surface area contributed by atoms with Crippen LogP contribution in [0.15, 0.2) is 5.16 Å². The van der Waals surface area contributed by atoms with Crippen LogP contribution in [0.2, 0.25) is 0 Å². The summed E-state index contributed by atoms with van der Waals surface area (Å²) < 4.78 is 11.5. The van der Waals surface area contributed by atoms with Crippen LogP contribution in [-0.4, -0.2) is 43.4 Å². The Morgan fingerprint density at radius 3 is 2.11 bits per heavy atom. The Morgan fingerprint density at radius 2 is 1.68 bits per heavy atom. The molecule has 2 unspecified atom stereocenters. The second kappa shape index (κ2) is 9.07. The molecule has 9 heteroatoms. The minimum atomic E-state index is -1.26. The van der Waals surface area contributed by atoms with Gasteiger partial charge in [-0.15, -0.1) is 11.6 Å². The van der Waals surface area contributed by atoms with Gasteiger partial charge in [-0.05, 0) is 20.8 Å². The SMILES string of the molecule is CC(C)Nc1nc(NC(C)CCl)nc(S(C)=O)n1.[Na+]. The zero-order chi connectivity index (χ0) is 13.7. The molecule has 0 amide bonds. The van der Waals surface area contributed by atoms with Gasteiger partial charge in [0.05, 0.1) is 10.8 Å². The molecule has 1 aromatic rings. The van der Waals surface area contributed by atoms with Crippen LogP contribution >= 0.6 is 11.6 Å². The van der Waals surface area contributed by atoms with Crippen LogP contribution in [0.3, 0.4) is 0 Å². The third-order valence-electron chi connectivity index (χ3n) is 1.90. The van der Waals surface area contributed by atoms with Crippen molar-refractivity contribution in [2.45, 2.75) is 38.0 Å². The van der Waals surface area contributed by atoms with Crippen LogP contribution < -0.4 is 40.2 Å². The fraction of sp³-hybridized carbons (Fsp3) is 0.700. The number of hydrogen-bond acceptors (Lipinski definition) is 6. The molecule has 2 atom stereocenters. The first-order valence-electron chi connectivity index (χ1n) is 5.61. The van der Waals surface area contributed by atoms with E-state index in [1.807, 2.05) is 20.8 Å². The molecule has 0 aliphatic rings. The molecule has 1 rings (SSSR count). The van der Waals surface area contributed by atoms with Gasteiger partial charge in [0.15, 0.2) is 0 Å². The van der Waals surface area contributed by atoms with E-state index in [-0.39, 0.29) is 46.8 Å². The molecule has 0 aromatic carbocycles. The predicted molar refractivity (Wildman–Crippen MR) is 74.7 cm³/mol.